The Morgan fingerprint density at radius 3 is 2.41 bits per heavy atom. The van der Waals surface area contributed by atoms with Gasteiger partial charge in [-0.05, 0) is 79.6 Å². The molecule has 0 unspecified atom stereocenters. The largest absolute Gasteiger partial charge is 0.497 e. The van der Waals surface area contributed by atoms with Crippen molar-refractivity contribution in [3.05, 3.63) is 89.3 Å². The maximum atomic E-state index is 13.8. The molecule has 0 amide bonds. The molecular weight excluding hydrogens is 571 g/mol. The second-order valence-electron chi connectivity index (χ2n) is 9.52. The number of benzene rings is 3. The predicted octanol–water partition coefficient (Wildman–Crippen LogP) is 5.01. The van der Waals surface area contributed by atoms with Crippen molar-refractivity contribution >= 4 is 21.6 Å². The van der Waals surface area contributed by atoms with E-state index in [0.717, 1.165) is 24.2 Å². The molecule has 2 aromatic heterocycles. The summed E-state index contributed by atoms with van der Waals surface area (Å²) in [6.45, 7) is 0. The maximum absolute atomic E-state index is 13.8. The van der Waals surface area contributed by atoms with Gasteiger partial charge in [-0.1, -0.05) is 16.8 Å². The highest BCUT2D eigenvalue weighted by Gasteiger charge is 2.28. The van der Waals surface area contributed by atoms with Crippen LogP contribution in [0, 0.1) is 5.82 Å². The summed E-state index contributed by atoms with van der Waals surface area (Å²) in [6.07, 6.45) is 2.42. The lowest BCUT2D eigenvalue weighted by molar-refractivity contribution is 0.377. The highest BCUT2D eigenvalue weighted by atomic mass is 35.5. The number of rotatable bonds is 10. The zero-order valence-electron chi connectivity index (χ0n) is 21.8. The number of ether oxygens (including phenoxy) is 1. The van der Waals surface area contributed by atoms with Crippen LogP contribution in [0.15, 0.2) is 76.1 Å². The van der Waals surface area contributed by atoms with Gasteiger partial charge >= 0.3 is 0 Å². The maximum Gasteiger partial charge on any atom is 0.240 e. The Bertz CT molecular complexity index is 1800. The van der Waals surface area contributed by atoms with Gasteiger partial charge in [0.25, 0.3) is 0 Å². The molecule has 0 bridgehead atoms. The average molecular weight is 595 g/mol. The standard InChI is InChI=1S/C28H24ClFN6O4S/c1-39-21-9-2-17(3-10-21)28-32-26(40-34-28)15-14-25-31-27(18-4-13-24(30)23(29)16-18)33-36(25)20-7-11-22(12-8-20)41(37,38)35-19-5-6-19/h2-4,7-13,16,19,35H,5-6,14-15H2,1H3. The Kier molecular flexibility index (Phi) is 7.28. The third-order valence-electron chi connectivity index (χ3n) is 6.52. The van der Waals surface area contributed by atoms with Crippen LogP contribution in [-0.2, 0) is 22.9 Å². The monoisotopic (exact) mass is 594 g/mol. The average Bonchev–Trinajstić information content (AvgIpc) is 3.48. The zero-order chi connectivity index (χ0) is 28.6. The minimum Gasteiger partial charge on any atom is -0.497 e. The smallest absolute Gasteiger partial charge is 0.240 e. The highest BCUT2D eigenvalue weighted by Crippen LogP contribution is 2.26. The van der Waals surface area contributed by atoms with E-state index in [1.165, 1.54) is 24.3 Å². The Balaban J connectivity index is 1.28. The number of methoxy groups -OCH3 is 1. The lowest BCUT2D eigenvalue weighted by atomic mass is 10.2. The van der Waals surface area contributed by atoms with E-state index in [1.54, 1.807) is 30.0 Å². The van der Waals surface area contributed by atoms with E-state index in [-0.39, 0.29) is 16.0 Å². The van der Waals surface area contributed by atoms with Gasteiger partial charge < -0.3 is 9.26 Å². The van der Waals surface area contributed by atoms with Gasteiger partial charge in [0.15, 0.2) is 5.82 Å². The van der Waals surface area contributed by atoms with Gasteiger partial charge in [0.05, 0.1) is 22.7 Å². The van der Waals surface area contributed by atoms with Crippen LogP contribution in [0.3, 0.4) is 0 Å². The molecule has 0 aliphatic heterocycles. The van der Waals surface area contributed by atoms with Crippen LogP contribution in [0.4, 0.5) is 4.39 Å². The zero-order valence-corrected chi connectivity index (χ0v) is 23.4. The first-order valence-corrected chi connectivity index (χ1v) is 14.7. The molecule has 6 rings (SSSR count). The SMILES string of the molecule is COc1ccc(-c2noc(CCc3nc(-c4ccc(F)c(Cl)c4)nn3-c3ccc(S(=O)(=O)NC4CC4)cc3)n2)cc1. The van der Waals surface area contributed by atoms with E-state index in [4.69, 9.17) is 20.9 Å². The van der Waals surface area contributed by atoms with E-state index >= 15 is 0 Å². The van der Waals surface area contributed by atoms with Crippen LogP contribution in [0.1, 0.15) is 24.6 Å². The number of aryl methyl sites for hydroxylation is 2. The highest BCUT2D eigenvalue weighted by molar-refractivity contribution is 7.89. The van der Waals surface area contributed by atoms with E-state index < -0.39 is 15.8 Å². The molecule has 5 aromatic rings. The first kappa shape index (κ1) is 27.1. The van der Waals surface area contributed by atoms with Crippen molar-refractivity contribution in [1.82, 2.24) is 29.6 Å². The molecule has 1 fully saturated rings. The third-order valence-corrected chi connectivity index (χ3v) is 8.35. The topological polar surface area (TPSA) is 125 Å². The lowest BCUT2D eigenvalue weighted by Crippen LogP contribution is -2.25. The summed E-state index contributed by atoms with van der Waals surface area (Å²) in [5.74, 6) is 1.91. The van der Waals surface area contributed by atoms with Gasteiger partial charge in [0, 0.05) is 30.0 Å². The molecule has 13 heteroatoms. The molecule has 0 atom stereocenters. The van der Waals surface area contributed by atoms with Crippen LogP contribution in [0.2, 0.25) is 5.02 Å². The second-order valence-corrected chi connectivity index (χ2v) is 11.6. The fourth-order valence-corrected chi connectivity index (χ4v) is 5.64. The number of hydrogen-bond acceptors (Lipinski definition) is 8. The number of sulfonamides is 1. The van der Waals surface area contributed by atoms with E-state index in [2.05, 4.69) is 24.9 Å². The number of hydrogen-bond donors (Lipinski definition) is 1. The Labute approximate surface area is 240 Å². The van der Waals surface area contributed by atoms with Gasteiger partial charge in [-0.15, -0.1) is 5.10 Å². The first-order valence-electron chi connectivity index (χ1n) is 12.8. The van der Waals surface area contributed by atoms with Crippen molar-refractivity contribution in [2.45, 2.75) is 36.6 Å². The summed E-state index contributed by atoms with van der Waals surface area (Å²) in [4.78, 5) is 9.34. The van der Waals surface area contributed by atoms with Gasteiger partial charge in [0.1, 0.15) is 17.4 Å². The van der Waals surface area contributed by atoms with E-state index in [9.17, 15) is 12.8 Å². The minimum absolute atomic E-state index is 0.00150. The molecule has 1 aliphatic rings. The Morgan fingerprint density at radius 2 is 1.73 bits per heavy atom. The van der Waals surface area contributed by atoms with Gasteiger partial charge in [0.2, 0.25) is 21.7 Å². The van der Waals surface area contributed by atoms with Crippen LogP contribution in [0.25, 0.3) is 28.5 Å². The second kappa shape index (κ2) is 11.0. The predicted molar refractivity (Wildman–Crippen MR) is 149 cm³/mol. The summed E-state index contributed by atoms with van der Waals surface area (Å²) in [5, 5.41) is 8.67. The minimum atomic E-state index is -3.60. The van der Waals surface area contributed by atoms with Crippen LogP contribution < -0.4 is 9.46 Å². The Morgan fingerprint density at radius 1 is 1.00 bits per heavy atom. The Hall–Kier alpha value is -4.13. The summed E-state index contributed by atoms with van der Waals surface area (Å²) in [6, 6.07) is 17.9. The normalized spacial score (nSPS) is 13.4. The molecule has 41 heavy (non-hydrogen) atoms. The molecule has 1 N–H and O–H groups in total. The number of aromatic nitrogens is 5. The molecule has 3 aromatic carbocycles. The first-order chi connectivity index (χ1) is 19.8. The fourth-order valence-electron chi connectivity index (χ4n) is 4.16. The molecule has 0 radical (unpaired) electrons. The van der Waals surface area contributed by atoms with Crippen LogP contribution in [-0.4, -0.2) is 46.5 Å². The number of halogens is 2. The van der Waals surface area contributed by atoms with Gasteiger partial charge in [-0.25, -0.2) is 27.2 Å². The third kappa shape index (κ3) is 5.99. The van der Waals surface area contributed by atoms with Crippen molar-refractivity contribution < 1.29 is 22.1 Å². The molecule has 1 saturated carbocycles. The van der Waals surface area contributed by atoms with Crippen LogP contribution >= 0.6 is 11.6 Å². The molecule has 2 heterocycles. The quantitative estimate of drug-likeness (QED) is 0.239. The summed E-state index contributed by atoms with van der Waals surface area (Å²) in [5.41, 5.74) is 1.91. The summed E-state index contributed by atoms with van der Waals surface area (Å²) < 4.78 is 54.0. The number of nitrogens with zero attached hydrogens (tertiary/aromatic N) is 5. The van der Waals surface area contributed by atoms with E-state index in [0.29, 0.717) is 47.5 Å². The van der Waals surface area contributed by atoms with Crippen LogP contribution in [0.5, 0.6) is 5.75 Å². The fraction of sp³-hybridized carbons (Fsp3) is 0.214. The molecule has 0 saturated heterocycles. The van der Waals surface area contributed by atoms with Crippen molar-refractivity contribution in [2.75, 3.05) is 7.11 Å². The van der Waals surface area contributed by atoms with Crippen molar-refractivity contribution in [2.24, 2.45) is 0 Å². The molecule has 0 spiro atoms. The van der Waals surface area contributed by atoms with E-state index in [1.807, 2.05) is 24.3 Å². The molecule has 10 nitrogen and oxygen atoms in total. The summed E-state index contributed by atoms with van der Waals surface area (Å²) >= 11 is 6.00. The number of nitrogens with one attached hydrogen (secondary N) is 1. The van der Waals surface area contributed by atoms with Gasteiger partial charge in [-0.3, -0.25) is 0 Å². The molecular formula is C28H24ClFN6O4S. The summed E-state index contributed by atoms with van der Waals surface area (Å²) in [7, 11) is -2.01. The molecule has 1 aliphatic carbocycles. The van der Waals surface area contributed by atoms with Crippen molar-refractivity contribution in [1.29, 1.82) is 0 Å². The van der Waals surface area contributed by atoms with Gasteiger partial charge in [-0.2, -0.15) is 4.98 Å². The van der Waals surface area contributed by atoms with Crippen molar-refractivity contribution in [3.63, 3.8) is 0 Å². The van der Waals surface area contributed by atoms with Crippen molar-refractivity contribution in [3.8, 4) is 34.2 Å². The lowest BCUT2D eigenvalue weighted by Gasteiger charge is -2.08. The molecule has 210 valence electrons.